The third kappa shape index (κ3) is 9.08. The fraction of sp³-hybridized carbons (Fsp3) is 0.318. The highest BCUT2D eigenvalue weighted by Gasteiger charge is 2.37. The Morgan fingerprint density at radius 2 is 1.31 bits per heavy atom. The van der Waals surface area contributed by atoms with Gasteiger partial charge in [0.15, 0.2) is 11.4 Å². The molecule has 0 aromatic heterocycles. The lowest BCUT2D eigenvalue weighted by Crippen LogP contribution is -2.17. The first-order chi connectivity index (χ1) is 16.1. The van der Waals surface area contributed by atoms with Gasteiger partial charge in [-0.1, -0.05) is 12.1 Å². The van der Waals surface area contributed by atoms with Gasteiger partial charge in [-0.25, -0.2) is 14.1 Å². The molecular formula is C22H18F7N3O3. The largest absolute Gasteiger partial charge is 0.407 e. The van der Waals surface area contributed by atoms with Crippen molar-refractivity contribution < 1.29 is 45.4 Å². The van der Waals surface area contributed by atoms with Gasteiger partial charge in [0.2, 0.25) is 0 Å². The lowest BCUT2D eigenvalue weighted by atomic mass is 10.0. The molecule has 2 N–H and O–H groups in total. The predicted octanol–water partition coefficient (Wildman–Crippen LogP) is 6.48. The van der Waals surface area contributed by atoms with E-state index in [0.717, 1.165) is 25.1 Å². The first-order valence-corrected chi connectivity index (χ1v) is 9.29. The molecule has 188 valence electrons. The van der Waals surface area contributed by atoms with Gasteiger partial charge < -0.3 is 10.4 Å². The van der Waals surface area contributed by atoms with Gasteiger partial charge in [0, 0.05) is 12.2 Å². The number of nitrogens with zero attached hydrogens (tertiary/aromatic N) is 2. The SMILES string of the molecule is O=C=O.[C-]#[N+]c1ccc(F)c(C)c1C(F)(F)F.[C-]#[N+]c1ccc(NC[C@H](C)O)c(C)c1C(F)(F)F. The molecule has 0 aliphatic rings. The third-order valence-electron chi connectivity index (χ3n) is 4.22. The number of hydrogen-bond donors (Lipinski definition) is 2. The van der Waals surface area contributed by atoms with E-state index < -0.39 is 52.3 Å². The minimum atomic E-state index is -4.69. The molecule has 1 atom stereocenters. The van der Waals surface area contributed by atoms with Crippen LogP contribution < -0.4 is 5.32 Å². The van der Waals surface area contributed by atoms with Gasteiger partial charge in [-0.3, -0.25) is 0 Å². The van der Waals surface area contributed by atoms with Crippen molar-refractivity contribution in [2.75, 3.05) is 11.9 Å². The van der Waals surface area contributed by atoms with Crippen LogP contribution in [0.15, 0.2) is 24.3 Å². The molecule has 2 rings (SSSR count). The average Bonchev–Trinajstić information content (AvgIpc) is 2.73. The molecule has 6 nitrogen and oxygen atoms in total. The van der Waals surface area contributed by atoms with Gasteiger partial charge in [-0.15, -0.1) is 0 Å². The van der Waals surface area contributed by atoms with Crippen molar-refractivity contribution in [3.8, 4) is 0 Å². The number of halogens is 7. The predicted molar refractivity (Wildman–Crippen MR) is 110 cm³/mol. The zero-order valence-electron chi connectivity index (χ0n) is 18.4. The monoisotopic (exact) mass is 505 g/mol. The summed E-state index contributed by atoms with van der Waals surface area (Å²) in [4.78, 5) is 21.8. The van der Waals surface area contributed by atoms with Crippen molar-refractivity contribution in [2.45, 2.75) is 39.2 Å². The Labute approximate surface area is 195 Å². The summed E-state index contributed by atoms with van der Waals surface area (Å²) >= 11 is 0. The number of anilines is 1. The molecule has 0 fully saturated rings. The van der Waals surface area contributed by atoms with Crippen LogP contribution in [0.5, 0.6) is 0 Å². The maximum absolute atomic E-state index is 12.9. The van der Waals surface area contributed by atoms with Crippen molar-refractivity contribution >= 4 is 23.2 Å². The first-order valence-electron chi connectivity index (χ1n) is 9.29. The number of benzene rings is 2. The Kier molecular flexibility index (Phi) is 11.6. The highest BCUT2D eigenvalue weighted by Crippen LogP contribution is 2.41. The summed E-state index contributed by atoms with van der Waals surface area (Å²) in [6, 6.07) is 4.24. The van der Waals surface area contributed by atoms with Crippen LogP contribution in [0.4, 0.5) is 47.8 Å². The molecule has 0 saturated carbocycles. The third-order valence-corrected chi connectivity index (χ3v) is 4.22. The van der Waals surface area contributed by atoms with Gasteiger partial charge in [0.05, 0.1) is 30.4 Å². The van der Waals surface area contributed by atoms with Crippen LogP contribution >= 0.6 is 0 Å². The van der Waals surface area contributed by atoms with Crippen LogP contribution in [-0.2, 0) is 21.9 Å². The lowest BCUT2D eigenvalue weighted by molar-refractivity contribution is -0.191. The number of aliphatic hydroxyl groups is 1. The maximum Gasteiger partial charge on any atom is 0.407 e. The van der Waals surface area contributed by atoms with E-state index >= 15 is 0 Å². The molecule has 0 unspecified atom stereocenters. The fourth-order valence-electron chi connectivity index (χ4n) is 2.72. The summed E-state index contributed by atoms with van der Waals surface area (Å²) in [5.41, 5.74) is -3.39. The second kappa shape index (κ2) is 13.1. The van der Waals surface area contributed by atoms with Crippen LogP contribution in [-0.4, -0.2) is 23.9 Å². The summed E-state index contributed by atoms with van der Waals surface area (Å²) < 4.78 is 88.5. The van der Waals surface area contributed by atoms with Gasteiger partial charge in [0.25, 0.3) is 0 Å². The van der Waals surface area contributed by atoms with Crippen molar-refractivity contribution in [3.63, 3.8) is 0 Å². The molecule has 0 spiro atoms. The summed E-state index contributed by atoms with van der Waals surface area (Å²) in [5, 5.41) is 11.8. The first kappa shape index (κ1) is 31.1. The number of alkyl halides is 6. The molecule has 0 heterocycles. The van der Waals surface area contributed by atoms with Gasteiger partial charge in [-0.2, -0.15) is 35.9 Å². The van der Waals surface area contributed by atoms with E-state index in [4.69, 9.17) is 27.8 Å². The van der Waals surface area contributed by atoms with E-state index in [9.17, 15) is 30.7 Å². The molecule has 13 heteroatoms. The summed E-state index contributed by atoms with van der Waals surface area (Å²) in [6.07, 6.45) is -9.67. The smallest absolute Gasteiger partial charge is 0.392 e. The molecule has 0 saturated heterocycles. The van der Waals surface area contributed by atoms with Crippen LogP contribution in [0.25, 0.3) is 9.69 Å². The van der Waals surface area contributed by atoms with Crippen molar-refractivity contribution in [1.29, 1.82) is 0 Å². The normalized spacial score (nSPS) is 11.3. The minimum Gasteiger partial charge on any atom is -0.392 e. The second-order valence-electron chi connectivity index (χ2n) is 6.73. The summed E-state index contributed by atoms with van der Waals surface area (Å²) in [5.74, 6) is -0.954. The van der Waals surface area contributed by atoms with Crippen LogP contribution in [0.3, 0.4) is 0 Å². The Balaban J connectivity index is 0.000000608. The zero-order chi connectivity index (χ0) is 27.6. The van der Waals surface area contributed by atoms with Crippen molar-refractivity contribution in [2.24, 2.45) is 0 Å². The Morgan fingerprint density at radius 3 is 1.69 bits per heavy atom. The molecule has 0 bridgehead atoms. The fourth-order valence-corrected chi connectivity index (χ4v) is 2.72. The Morgan fingerprint density at radius 1 is 0.914 bits per heavy atom. The van der Waals surface area contributed by atoms with Crippen molar-refractivity contribution in [1.82, 2.24) is 0 Å². The van der Waals surface area contributed by atoms with E-state index in [0.29, 0.717) is 0 Å². The Hall–Kier alpha value is -3.93. The van der Waals surface area contributed by atoms with E-state index in [-0.39, 0.29) is 23.9 Å². The number of hydrogen-bond acceptors (Lipinski definition) is 4. The van der Waals surface area contributed by atoms with Crippen LogP contribution in [0, 0.1) is 32.8 Å². The quantitative estimate of drug-likeness (QED) is 0.370. The lowest BCUT2D eigenvalue weighted by Gasteiger charge is -2.17. The molecule has 35 heavy (non-hydrogen) atoms. The minimum absolute atomic E-state index is 0.0309. The maximum atomic E-state index is 12.9. The Bertz CT molecular complexity index is 1140. The highest BCUT2D eigenvalue weighted by atomic mass is 19.4. The van der Waals surface area contributed by atoms with Gasteiger partial charge >= 0.3 is 18.5 Å². The van der Waals surface area contributed by atoms with E-state index in [1.165, 1.54) is 19.9 Å². The molecule has 0 radical (unpaired) electrons. The standard InChI is InChI=1S/C12H13F3N2O.C9H5F4N.CO2/c1-7(18)6-17-9-4-5-10(16-3)11(8(9)2)12(13,14)15;1-5-6(10)3-4-7(14-2)8(5)9(11,12)13;2-1-3/h4-5,7,17-18H,6H2,1-2H3;3-4H,1H3;/t7-;;/m0../s1. The molecule has 0 aliphatic carbocycles. The number of aliphatic hydroxyl groups excluding tert-OH is 1. The highest BCUT2D eigenvalue weighted by molar-refractivity contribution is 5.67. The van der Waals surface area contributed by atoms with Gasteiger partial charge in [-0.05, 0) is 44.0 Å². The molecule has 2 aromatic carbocycles. The second-order valence-corrected chi connectivity index (χ2v) is 6.73. The van der Waals surface area contributed by atoms with E-state index in [2.05, 4.69) is 15.0 Å². The van der Waals surface area contributed by atoms with Crippen molar-refractivity contribution in [3.05, 3.63) is 75.2 Å². The number of rotatable bonds is 3. The average molecular weight is 505 g/mol. The van der Waals surface area contributed by atoms with E-state index in [1.54, 1.807) is 0 Å². The van der Waals surface area contributed by atoms with E-state index in [1.807, 2.05) is 0 Å². The zero-order valence-corrected chi connectivity index (χ0v) is 18.4. The van der Waals surface area contributed by atoms with Gasteiger partial charge in [0.1, 0.15) is 5.82 Å². The number of carbonyl (C=O) groups excluding carboxylic acids is 2. The summed E-state index contributed by atoms with van der Waals surface area (Å²) in [7, 11) is 0. The van der Waals surface area contributed by atoms with Crippen LogP contribution in [0.1, 0.15) is 29.2 Å². The number of nitrogens with one attached hydrogen (secondary N) is 1. The molecule has 0 amide bonds. The summed E-state index contributed by atoms with van der Waals surface area (Å²) in [6.45, 7) is 17.3. The molecule has 0 aliphatic heterocycles. The molecule has 2 aromatic rings. The van der Waals surface area contributed by atoms with Crippen LogP contribution in [0.2, 0.25) is 0 Å². The topological polar surface area (TPSA) is 75.1 Å². The molecular weight excluding hydrogens is 487 g/mol.